The van der Waals surface area contributed by atoms with Gasteiger partial charge in [-0.15, -0.1) is 11.8 Å². The summed E-state index contributed by atoms with van der Waals surface area (Å²) in [6.07, 6.45) is 0.748. The van der Waals surface area contributed by atoms with Crippen molar-refractivity contribution in [1.29, 1.82) is 0 Å². The van der Waals surface area contributed by atoms with Crippen LogP contribution >= 0.6 is 11.8 Å². The third-order valence-corrected chi connectivity index (χ3v) is 5.92. The lowest BCUT2D eigenvalue weighted by molar-refractivity contribution is -0.131. The maximum atomic E-state index is 13.0. The summed E-state index contributed by atoms with van der Waals surface area (Å²) in [6.45, 7) is 2.83. The van der Waals surface area contributed by atoms with E-state index in [1.807, 2.05) is 37.3 Å². The molecule has 0 saturated heterocycles. The van der Waals surface area contributed by atoms with E-state index in [2.05, 4.69) is 22.1 Å². The third-order valence-electron chi connectivity index (χ3n) is 4.62. The number of nitrogens with one attached hydrogen (secondary N) is 1. The number of H-pyrrole nitrogens is 1. The first-order chi connectivity index (χ1) is 12.7. The first kappa shape index (κ1) is 16.8. The topological polar surface area (TPSA) is 66.1 Å². The Balaban J connectivity index is 1.55. The monoisotopic (exact) mass is 365 g/mol. The summed E-state index contributed by atoms with van der Waals surface area (Å²) in [5.41, 5.74) is 1.71. The van der Waals surface area contributed by atoms with Crippen molar-refractivity contribution in [3.05, 3.63) is 70.3 Å². The van der Waals surface area contributed by atoms with Crippen LogP contribution in [0.25, 0.3) is 10.9 Å². The zero-order chi connectivity index (χ0) is 18.1. The van der Waals surface area contributed by atoms with Gasteiger partial charge in [0.1, 0.15) is 5.82 Å². The molecule has 1 amide bonds. The molecule has 1 N–H and O–H groups in total. The molecule has 1 aromatic heterocycles. The van der Waals surface area contributed by atoms with Gasteiger partial charge in [0.05, 0.1) is 22.7 Å². The first-order valence-corrected chi connectivity index (χ1v) is 9.55. The van der Waals surface area contributed by atoms with E-state index in [0.717, 1.165) is 6.42 Å². The summed E-state index contributed by atoms with van der Waals surface area (Å²) >= 11 is 1.62. The smallest absolute Gasteiger partial charge is 0.258 e. The van der Waals surface area contributed by atoms with Crippen molar-refractivity contribution in [2.75, 3.05) is 6.54 Å². The van der Waals surface area contributed by atoms with Crippen molar-refractivity contribution in [3.63, 3.8) is 0 Å². The minimum absolute atomic E-state index is 0.0875. The van der Waals surface area contributed by atoms with Gasteiger partial charge in [-0.2, -0.15) is 0 Å². The largest absolute Gasteiger partial charge is 0.335 e. The molecular weight excluding hydrogens is 346 g/mol. The minimum Gasteiger partial charge on any atom is -0.335 e. The average Bonchev–Trinajstić information content (AvgIpc) is 3.10. The summed E-state index contributed by atoms with van der Waals surface area (Å²) < 4.78 is 0. The van der Waals surface area contributed by atoms with Crippen LogP contribution in [-0.2, 0) is 17.8 Å². The van der Waals surface area contributed by atoms with Crippen LogP contribution in [0.5, 0.6) is 0 Å². The van der Waals surface area contributed by atoms with Crippen LogP contribution in [0.1, 0.15) is 18.3 Å². The molecule has 0 spiro atoms. The molecule has 132 valence electrons. The number of benzene rings is 2. The Morgan fingerprint density at radius 1 is 1.23 bits per heavy atom. The van der Waals surface area contributed by atoms with E-state index in [1.165, 1.54) is 10.5 Å². The highest BCUT2D eigenvalue weighted by Gasteiger charge is 2.31. The molecule has 4 rings (SSSR count). The van der Waals surface area contributed by atoms with Gasteiger partial charge in [0, 0.05) is 11.4 Å². The van der Waals surface area contributed by atoms with E-state index in [-0.39, 0.29) is 16.7 Å². The van der Waals surface area contributed by atoms with Crippen LogP contribution in [0.3, 0.4) is 0 Å². The normalized spacial score (nSPS) is 15.8. The Bertz CT molecular complexity index is 1010. The van der Waals surface area contributed by atoms with Gasteiger partial charge in [0.2, 0.25) is 5.91 Å². The molecular formula is C20H19N3O2S. The van der Waals surface area contributed by atoms with Crippen molar-refractivity contribution >= 4 is 28.6 Å². The molecule has 0 saturated carbocycles. The first-order valence-electron chi connectivity index (χ1n) is 8.67. The maximum absolute atomic E-state index is 13.0. The van der Waals surface area contributed by atoms with E-state index < -0.39 is 0 Å². The number of aromatic nitrogens is 2. The van der Waals surface area contributed by atoms with Gasteiger partial charge < -0.3 is 9.88 Å². The van der Waals surface area contributed by atoms with Gasteiger partial charge >= 0.3 is 0 Å². The van der Waals surface area contributed by atoms with E-state index in [4.69, 9.17) is 0 Å². The van der Waals surface area contributed by atoms with Crippen LogP contribution < -0.4 is 5.56 Å². The number of hydrogen-bond donors (Lipinski definition) is 1. The average molecular weight is 365 g/mol. The number of aromatic amines is 1. The molecule has 0 aliphatic carbocycles. The Morgan fingerprint density at radius 3 is 2.81 bits per heavy atom. The highest BCUT2D eigenvalue weighted by Crippen LogP contribution is 2.37. The van der Waals surface area contributed by atoms with Crippen LogP contribution in [0.15, 0.2) is 58.2 Å². The summed E-state index contributed by atoms with van der Waals surface area (Å²) in [5.74, 6) is 0.605. The van der Waals surface area contributed by atoms with Gasteiger partial charge in [0.15, 0.2) is 0 Å². The summed E-state index contributed by atoms with van der Waals surface area (Å²) in [4.78, 5) is 35.5. The number of carbonyl (C=O) groups is 1. The lowest BCUT2D eigenvalue weighted by atomic mass is 10.1. The zero-order valence-corrected chi connectivity index (χ0v) is 15.3. The fourth-order valence-electron chi connectivity index (χ4n) is 3.26. The van der Waals surface area contributed by atoms with E-state index in [0.29, 0.717) is 29.8 Å². The molecule has 0 bridgehead atoms. The quantitative estimate of drug-likeness (QED) is 0.772. The molecule has 2 heterocycles. The lowest BCUT2D eigenvalue weighted by Crippen LogP contribution is -2.38. The second-order valence-electron chi connectivity index (χ2n) is 6.30. The van der Waals surface area contributed by atoms with E-state index in [9.17, 15) is 9.59 Å². The number of amides is 1. The minimum atomic E-state index is -0.170. The van der Waals surface area contributed by atoms with Crippen LogP contribution in [0.4, 0.5) is 0 Å². The molecule has 5 nitrogen and oxygen atoms in total. The van der Waals surface area contributed by atoms with Gasteiger partial charge in [-0.1, -0.05) is 30.3 Å². The second kappa shape index (κ2) is 6.96. The molecule has 1 atom stereocenters. The number of carbonyl (C=O) groups excluding carboxylic acids is 1. The number of rotatable bonds is 4. The highest BCUT2D eigenvalue weighted by atomic mass is 32.2. The summed E-state index contributed by atoms with van der Waals surface area (Å²) in [7, 11) is 0. The van der Waals surface area contributed by atoms with Crippen LogP contribution in [0, 0.1) is 0 Å². The van der Waals surface area contributed by atoms with Crippen molar-refractivity contribution in [2.45, 2.75) is 30.0 Å². The van der Waals surface area contributed by atoms with Crippen molar-refractivity contribution in [1.82, 2.24) is 14.9 Å². The molecule has 26 heavy (non-hydrogen) atoms. The third kappa shape index (κ3) is 3.12. The Hall–Kier alpha value is -2.60. The lowest BCUT2D eigenvalue weighted by Gasteiger charge is -2.23. The highest BCUT2D eigenvalue weighted by molar-refractivity contribution is 8.01. The number of hydrogen-bond acceptors (Lipinski definition) is 4. The molecule has 1 unspecified atom stereocenters. The molecule has 6 heteroatoms. The van der Waals surface area contributed by atoms with Gasteiger partial charge in [-0.05, 0) is 37.1 Å². The number of thioether (sulfide) groups is 1. The van der Waals surface area contributed by atoms with Crippen LogP contribution in [-0.4, -0.2) is 32.6 Å². The Labute approximate surface area is 155 Å². The fourth-order valence-corrected chi connectivity index (χ4v) is 4.54. The zero-order valence-electron chi connectivity index (χ0n) is 14.4. The van der Waals surface area contributed by atoms with Crippen molar-refractivity contribution in [2.24, 2.45) is 0 Å². The predicted octanol–water partition coefficient (Wildman–Crippen LogP) is 2.99. The van der Waals surface area contributed by atoms with Gasteiger partial charge in [-0.3, -0.25) is 9.59 Å². The Kier molecular flexibility index (Phi) is 4.51. The summed E-state index contributed by atoms with van der Waals surface area (Å²) in [6, 6.07) is 15.4. The van der Waals surface area contributed by atoms with Gasteiger partial charge in [0.25, 0.3) is 5.56 Å². The second-order valence-corrected chi connectivity index (χ2v) is 7.55. The van der Waals surface area contributed by atoms with Gasteiger partial charge in [-0.25, -0.2) is 4.98 Å². The molecule has 3 aromatic rings. The molecule has 2 aromatic carbocycles. The SMILES string of the molecule is CCN(Cc1nc2ccccc2c(=O)[nH]1)C(=O)C1Cc2ccccc2S1. The molecule has 0 radical (unpaired) electrons. The van der Waals surface area contributed by atoms with E-state index >= 15 is 0 Å². The molecule has 1 aliphatic rings. The Morgan fingerprint density at radius 2 is 2.00 bits per heavy atom. The predicted molar refractivity (Wildman–Crippen MR) is 103 cm³/mol. The summed E-state index contributed by atoms with van der Waals surface area (Å²) in [5, 5.41) is 0.451. The molecule has 1 aliphatic heterocycles. The van der Waals surface area contributed by atoms with E-state index in [1.54, 1.807) is 22.7 Å². The van der Waals surface area contributed by atoms with Crippen molar-refractivity contribution < 1.29 is 4.79 Å². The number of nitrogens with zero attached hydrogens (tertiary/aromatic N) is 2. The number of para-hydroxylation sites is 1. The fraction of sp³-hybridized carbons (Fsp3) is 0.250. The maximum Gasteiger partial charge on any atom is 0.258 e. The number of fused-ring (bicyclic) bond motifs is 2. The molecule has 0 fully saturated rings. The standard InChI is InChI=1S/C20H19N3O2S/c1-2-23(20(25)17-11-13-7-3-6-10-16(13)26-17)12-18-21-15-9-5-4-8-14(15)19(24)22-18/h3-10,17H,2,11-12H2,1H3,(H,21,22,24). The van der Waals surface area contributed by atoms with Crippen LogP contribution in [0.2, 0.25) is 0 Å². The van der Waals surface area contributed by atoms with Crippen molar-refractivity contribution in [3.8, 4) is 0 Å².